The lowest BCUT2D eigenvalue weighted by Gasteiger charge is -2.11. The molecule has 0 bridgehead atoms. The summed E-state index contributed by atoms with van der Waals surface area (Å²) in [6.07, 6.45) is 0. The lowest BCUT2D eigenvalue weighted by molar-refractivity contribution is 0.669. The summed E-state index contributed by atoms with van der Waals surface area (Å²) in [7, 11) is 0. The van der Waals surface area contributed by atoms with Gasteiger partial charge in [0.15, 0.2) is 5.82 Å². The molecule has 206 valence electrons. The maximum absolute atomic E-state index is 9.35. The van der Waals surface area contributed by atoms with Crippen LogP contribution in [0.1, 0.15) is 16.4 Å². The molecule has 9 aromatic rings. The molecule has 3 heterocycles. The van der Waals surface area contributed by atoms with Crippen molar-refractivity contribution in [1.82, 2.24) is 14.5 Å². The van der Waals surface area contributed by atoms with E-state index in [1.54, 1.807) is 12.1 Å². The highest BCUT2D eigenvalue weighted by molar-refractivity contribution is 6.15. The van der Waals surface area contributed by atoms with Gasteiger partial charge in [-0.15, -0.1) is 0 Å². The van der Waals surface area contributed by atoms with Crippen LogP contribution < -0.4 is 0 Å². The van der Waals surface area contributed by atoms with Crippen molar-refractivity contribution in [1.29, 1.82) is 0 Å². The minimum atomic E-state index is -0.709. The van der Waals surface area contributed by atoms with Crippen molar-refractivity contribution < 1.29 is 20.9 Å². The van der Waals surface area contributed by atoms with Gasteiger partial charge in [0, 0.05) is 38.4 Å². The van der Waals surface area contributed by atoms with E-state index in [0.29, 0.717) is 28.0 Å². The summed E-state index contributed by atoms with van der Waals surface area (Å²) in [6.45, 7) is 0. The second-order valence-electron chi connectivity index (χ2n) is 10.1. The third-order valence-corrected chi connectivity index (χ3v) is 7.63. The van der Waals surface area contributed by atoms with Crippen molar-refractivity contribution in [3.05, 3.63) is 151 Å². The largest absolute Gasteiger partial charge is 0.455 e. The second-order valence-corrected chi connectivity index (χ2v) is 10.1. The number of nitrogens with zero attached hydrogens (tertiary/aromatic N) is 3. The zero-order valence-electron chi connectivity index (χ0n) is 34.8. The summed E-state index contributed by atoms with van der Waals surface area (Å²) in [6, 6.07) is 16.2. The van der Waals surface area contributed by atoms with E-state index in [1.165, 1.54) is 0 Å². The summed E-state index contributed by atoms with van der Waals surface area (Å²) >= 11 is 0. The number of furan rings is 1. The molecule has 0 saturated heterocycles. The van der Waals surface area contributed by atoms with E-state index >= 15 is 0 Å². The quantitative estimate of drug-likeness (QED) is 0.210. The molecule has 4 heteroatoms. The lowest BCUT2D eigenvalue weighted by Crippen LogP contribution is -1.97. The Morgan fingerprint density at radius 2 is 1.32 bits per heavy atom. The Kier molecular flexibility index (Phi) is 3.44. The topological polar surface area (TPSA) is 43.9 Å². The molecule has 0 unspecified atom stereocenters. The fraction of sp³-hybridized carbons (Fsp3) is 0. The highest BCUT2D eigenvalue weighted by atomic mass is 16.3. The molecule has 0 atom stereocenters. The van der Waals surface area contributed by atoms with Crippen molar-refractivity contribution in [2.75, 3.05) is 0 Å². The predicted molar refractivity (Wildman–Crippen MR) is 180 cm³/mol. The van der Waals surface area contributed by atoms with Crippen molar-refractivity contribution >= 4 is 43.7 Å². The maximum atomic E-state index is 9.35. The van der Waals surface area contributed by atoms with Crippen LogP contribution in [-0.4, -0.2) is 14.5 Å². The fourth-order valence-electron chi connectivity index (χ4n) is 5.72. The summed E-state index contributed by atoms with van der Waals surface area (Å²) in [5.74, 6) is 0.177. The van der Waals surface area contributed by atoms with Crippen molar-refractivity contribution in [2.24, 2.45) is 0 Å². The van der Waals surface area contributed by atoms with Crippen molar-refractivity contribution in [3.63, 3.8) is 0 Å². The van der Waals surface area contributed by atoms with Gasteiger partial charge in [0.2, 0.25) is 0 Å². The summed E-state index contributed by atoms with van der Waals surface area (Å²) in [5, 5.41) is 1.41. The Morgan fingerprint density at radius 3 is 2.23 bits per heavy atom. The molecular weight excluding hydrogens is 538 g/mol. The minimum Gasteiger partial charge on any atom is -0.455 e. The van der Waals surface area contributed by atoms with Crippen LogP contribution in [0.15, 0.2) is 156 Å². The number of fused-ring (bicyclic) bond motifs is 6. The fourth-order valence-corrected chi connectivity index (χ4v) is 5.72. The van der Waals surface area contributed by atoms with Crippen LogP contribution in [0.2, 0.25) is 0 Å². The third-order valence-electron chi connectivity index (χ3n) is 7.63. The van der Waals surface area contributed by atoms with Crippen LogP contribution in [0.25, 0.3) is 83.3 Å². The standard InChI is InChI=1S/C40H25N3O/c1-3-13-26(14-4-1)33-25-34(42-40(41-33)32-21-11-19-29-28-17-8-10-24-37(28)44-39(29)32)30-20-12-23-36-38(30)31-18-7-9-22-35(31)43(36)27-15-5-2-6-16-27/h1-25H/i2D,5D,6D,7D,9D,12D,15D,16D,18D,20D,22D,23D. The first-order valence-electron chi connectivity index (χ1n) is 19.8. The van der Waals surface area contributed by atoms with Gasteiger partial charge in [-0.3, -0.25) is 0 Å². The number of hydrogen-bond acceptors (Lipinski definition) is 3. The molecule has 6 aromatic carbocycles. The van der Waals surface area contributed by atoms with Gasteiger partial charge in [0.25, 0.3) is 0 Å². The number of benzene rings is 6. The van der Waals surface area contributed by atoms with E-state index in [2.05, 4.69) is 0 Å². The molecule has 0 radical (unpaired) electrons. The number of aromatic nitrogens is 3. The van der Waals surface area contributed by atoms with Crippen LogP contribution >= 0.6 is 0 Å². The second kappa shape index (κ2) is 9.79. The SMILES string of the molecule is [2H]c1c([2H])c([2H])c(-n2c3c([2H])c([2H])c([2H])c([2H])c3c3c(-c4cc(-c5ccccc5)nc(-c5cccc6c5oc5ccccc56)n4)c([2H])c([2H])c([2H])c32)c([2H])c1[2H]. The monoisotopic (exact) mass is 575 g/mol. The molecule has 0 aliphatic carbocycles. The van der Waals surface area contributed by atoms with E-state index in [-0.39, 0.29) is 38.9 Å². The van der Waals surface area contributed by atoms with Crippen molar-refractivity contribution in [2.45, 2.75) is 0 Å². The number of rotatable bonds is 4. The Bertz CT molecular complexity index is 3150. The molecule has 0 N–H and O–H groups in total. The Hall–Kier alpha value is -6.00. The van der Waals surface area contributed by atoms with Crippen LogP contribution in [0.3, 0.4) is 0 Å². The molecular formula is C40H25N3O. The third kappa shape index (κ3) is 3.78. The van der Waals surface area contributed by atoms with E-state index in [9.17, 15) is 2.74 Å². The summed E-state index contributed by atoms with van der Waals surface area (Å²) < 4.78 is 113. The average Bonchev–Trinajstić information content (AvgIpc) is 3.77. The first-order chi connectivity index (χ1) is 26.8. The van der Waals surface area contributed by atoms with Gasteiger partial charge >= 0.3 is 0 Å². The normalized spacial score (nSPS) is 15.5. The zero-order chi connectivity index (χ0) is 39.5. The molecule has 4 nitrogen and oxygen atoms in total. The van der Waals surface area contributed by atoms with Crippen LogP contribution in [-0.2, 0) is 0 Å². The molecule has 0 amide bonds. The van der Waals surface area contributed by atoms with E-state index in [0.717, 1.165) is 15.3 Å². The smallest absolute Gasteiger partial charge is 0.164 e. The minimum absolute atomic E-state index is 0.0676. The molecule has 0 aliphatic heterocycles. The van der Waals surface area contributed by atoms with Crippen molar-refractivity contribution in [3.8, 4) is 39.6 Å². The van der Waals surface area contributed by atoms with E-state index in [4.69, 9.17) is 28.1 Å². The molecule has 0 fully saturated rings. The molecule has 44 heavy (non-hydrogen) atoms. The van der Waals surface area contributed by atoms with Gasteiger partial charge in [0.05, 0.1) is 44.4 Å². The van der Waals surface area contributed by atoms with Gasteiger partial charge in [-0.1, -0.05) is 109 Å². The van der Waals surface area contributed by atoms with Gasteiger partial charge in [-0.2, -0.15) is 0 Å². The Morgan fingerprint density at radius 1 is 0.568 bits per heavy atom. The molecule has 3 aromatic heterocycles. The Balaban J connectivity index is 1.49. The first kappa shape index (κ1) is 15.5. The first-order valence-corrected chi connectivity index (χ1v) is 13.8. The number of hydrogen-bond donors (Lipinski definition) is 0. The van der Waals surface area contributed by atoms with Crippen LogP contribution in [0.5, 0.6) is 0 Å². The van der Waals surface area contributed by atoms with E-state index in [1.807, 2.05) is 66.7 Å². The molecule has 0 saturated carbocycles. The Labute approximate surface area is 270 Å². The molecule has 0 aliphatic rings. The highest BCUT2D eigenvalue weighted by Gasteiger charge is 2.20. The number of para-hydroxylation sites is 4. The van der Waals surface area contributed by atoms with E-state index < -0.39 is 78.2 Å². The average molecular weight is 576 g/mol. The lowest BCUT2D eigenvalue weighted by atomic mass is 10.0. The highest BCUT2D eigenvalue weighted by Crippen LogP contribution is 2.40. The van der Waals surface area contributed by atoms with Crippen LogP contribution in [0.4, 0.5) is 0 Å². The predicted octanol–water partition coefficient (Wildman–Crippen LogP) is 10.5. The zero-order valence-corrected chi connectivity index (χ0v) is 22.8. The molecule has 0 spiro atoms. The van der Waals surface area contributed by atoms with Gasteiger partial charge in [-0.25, -0.2) is 9.97 Å². The summed E-state index contributed by atoms with van der Waals surface area (Å²) in [4.78, 5) is 9.90. The summed E-state index contributed by atoms with van der Waals surface area (Å²) in [5.41, 5.74) is 1.66. The van der Waals surface area contributed by atoms with Gasteiger partial charge in [0.1, 0.15) is 11.2 Å². The van der Waals surface area contributed by atoms with Gasteiger partial charge < -0.3 is 8.98 Å². The van der Waals surface area contributed by atoms with Gasteiger partial charge in [-0.05, 0) is 42.4 Å². The maximum Gasteiger partial charge on any atom is 0.164 e. The van der Waals surface area contributed by atoms with Crippen LogP contribution in [0, 0.1) is 0 Å². The molecule has 9 rings (SSSR count).